The summed E-state index contributed by atoms with van der Waals surface area (Å²) in [6.07, 6.45) is 3.27. The minimum atomic E-state index is -0.542. The monoisotopic (exact) mass is 180 g/mol. The first kappa shape index (κ1) is 8.92. The lowest BCUT2D eigenvalue weighted by molar-refractivity contribution is -0.139. The zero-order chi connectivity index (χ0) is 9.64. The minimum Gasteiger partial charge on any atom is -0.299 e. The molecule has 2 nitrogen and oxygen atoms in total. The van der Waals surface area contributed by atoms with Gasteiger partial charge >= 0.3 is 0 Å². The molecule has 0 bridgehead atoms. The molecule has 2 rings (SSSR count). The van der Waals surface area contributed by atoms with Gasteiger partial charge in [0.1, 0.15) is 11.6 Å². The SMILES string of the molecule is C[C@@H]1C[C@H](C)[C@@]2(CCCC2=O)C1=O. The van der Waals surface area contributed by atoms with Crippen molar-refractivity contribution in [1.82, 2.24) is 0 Å². The minimum absolute atomic E-state index is 0.108. The highest BCUT2D eigenvalue weighted by molar-refractivity contribution is 6.10. The molecule has 72 valence electrons. The van der Waals surface area contributed by atoms with Gasteiger partial charge in [-0.15, -0.1) is 0 Å². The Kier molecular flexibility index (Phi) is 1.83. The Morgan fingerprint density at radius 2 is 2.00 bits per heavy atom. The van der Waals surface area contributed by atoms with Gasteiger partial charge in [0, 0.05) is 12.3 Å². The van der Waals surface area contributed by atoms with Gasteiger partial charge in [-0.3, -0.25) is 9.59 Å². The number of ketones is 2. The molecule has 0 amide bonds. The Bertz CT molecular complexity index is 269. The van der Waals surface area contributed by atoms with Gasteiger partial charge in [0.2, 0.25) is 0 Å². The van der Waals surface area contributed by atoms with E-state index in [1.807, 2.05) is 6.92 Å². The van der Waals surface area contributed by atoms with Gasteiger partial charge in [-0.25, -0.2) is 0 Å². The highest BCUT2D eigenvalue weighted by atomic mass is 16.2. The average molecular weight is 180 g/mol. The number of hydrogen-bond donors (Lipinski definition) is 0. The number of hydrogen-bond acceptors (Lipinski definition) is 2. The third kappa shape index (κ3) is 0.946. The van der Waals surface area contributed by atoms with Crippen LogP contribution in [-0.2, 0) is 9.59 Å². The Morgan fingerprint density at radius 1 is 1.31 bits per heavy atom. The molecule has 0 unspecified atom stereocenters. The number of rotatable bonds is 0. The molecule has 0 heterocycles. The van der Waals surface area contributed by atoms with Crippen molar-refractivity contribution in [2.24, 2.45) is 17.3 Å². The van der Waals surface area contributed by atoms with Crippen molar-refractivity contribution in [3.63, 3.8) is 0 Å². The van der Waals surface area contributed by atoms with E-state index in [-0.39, 0.29) is 23.4 Å². The smallest absolute Gasteiger partial charge is 0.149 e. The standard InChI is InChI=1S/C11H16O2/c1-7-6-8(2)11(10(7)13)5-3-4-9(11)12/h7-8H,3-6H2,1-2H3/t7-,8+,11-/m1/s1. The molecule has 3 atom stereocenters. The van der Waals surface area contributed by atoms with Gasteiger partial charge in [-0.2, -0.15) is 0 Å². The van der Waals surface area contributed by atoms with E-state index in [0.717, 1.165) is 19.3 Å². The number of Topliss-reactive ketones (excluding diaryl/α,β-unsaturated/α-hetero) is 2. The summed E-state index contributed by atoms with van der Waals surface area (Å²) in [5.74, 6) is 0.832. The van der Waals surface area contributed by atoms with Gasteiger partial charge in [0.15, 0.2) is 0 Å². The highest BCUT2D eigenvalue weighted by Crippen LogP contribution is 2.51. The van der Waals surface area contributed by atoms with Gasteiger partial charge in [0.25, 0.3) is 0 Å². The van der Waals surface area contributed by atoms with Crippen LogP contribution in [0.25, 0.3) is 0 Å². The lowest BCUT2D eigenvalue weighted by Gasteiger charge is -2.24. The molecule has 0 aromatic heterocycles. The van der Waals surface area contributed by atoms with Crippen molar-refractivity contribution in [1.29, 1.82) is 0 Å². The van der Waals surface area contributed by atoms with Crippen molar-refractivity contribution in [3.05, 3.63) is 0 Å². The second-order valence-electron chi connectivity index (χ2n) is 4.65. The van der Waals surface area contributed by atoms with Gasteiger partial charge in [-0.1, -0.05) is 13.8 Å². The largest absolute Gasteiger partial charge is 0.299 e. The molecule has 0 N–H and O–H groups in total. The first-order valence-corrected chi connectivity index (χ1v) is 5.16. The van der Waals surface area contributed by atoms with Crippen LogP contribution in [0.3, 0.4) is 0 Å². The first-order valence-electron chi connectivity index (χ1n) is 5.16. The van der Waals surface area contributed by atoms with Crippen LogP contribution in [0.15, 0.2) is 0 Å². The lowest BCUT2D eigenvalue weighted by atomic mass is 9.75. The van der Waals surface area contributed by atoms with Crippen molar-refractivity contribution in [3.8, 4) is 0 Å². The van der Waals surface area contributed by atoms with E-state index >= 15 is 0 Å². The summed E-state index contributed by atoms with van der Waals surface area (Å²) >= 11 is 0. The molecule has 2 saturated carbocycles. The van der Waals surface area contributed by atoms with Crippen LogP contribution in [0, 0.1) is 17.3 Å². The summed E-state index contributed by atoms with van der Waals surface area (Å²) in [4.78, 5) is 23.7. The van der Waals surface area contributed by atoms with E-state index in [2.05, 4.69) is 6.92 Å². The molecule has 1 spiro atoms. The molecule has 2 aliphatic carbocycles. The molecule has 2 heteroatoms. The van der Waals surface area contributed by atoms with Crippen LogP contribution < -0.4 is 0 Å². The molecule has 13 heavy (non-hydrogen) atoms. The van der Waals surface area contributed by atoms with Crippen LogP contribution in [0.2, 0.25) is 0 Å². The van der Waals surface area contributed by atoms with Crippen LogP contribution >= 0.6 is 0 Å². The fraction of sp³-hybridized carbons (Fsp3) is 0.818. The third-order valence-electron chi connectivity index (χ3n) is 3.91. The molecular formula is C11H16O2. The quantitative estimate of drug-likeness (QED) is 0.534. The molecule has 0 aliphatic heterocycles. The summed E-state index contributed by atoms with van der Waals surface area (Å²) < 4.78 is 0. The van der Waals surface area contributed by atoms with Crippen molar-refractivity contribution in [2.75, 3.05) is 0 Å². The van der Waals surface area contributed by atoms with Crippen LogP contribution in [0.1, 0.15) is 39.5 Å². The normalized spacial score (nSPS) is 45.1. The van der Waals surface area contributed by atoms with Crippen LogP contribution in [0.4, 0.5) is 0 Å². The van der Waals surface area contributed by atoms with Crippen LogP contribution in [0.5, 0.6) is 0 Å². The number of carbonyl (C=O) groups is 2. The van der Waals surface area contributed by atoms with Gasteiger partial charge in [-0.05, 0) is 25.2 Å². The third-order valence-corrected chi connectivity index (χ3v) is 3.91. The second-order valence-corrected chi connectivity index (χ2v) is 4.65. The topological polar surface area (TPSA) is 34.1 Å². The summed E-state index contributed by atoms with van der Waals surface area (Å²) in [5, 5.41) is 0. The van der Waals surface area contributed by atoms with E-state index in [4.69, 9.17) is 0 Å². The molecule has 0 aromatic carbocycles. The Balaban J connectivity index is 2.40. The molecule has 2 fully saturated rings. The molecule has 0 aromatic rings. The molecular weight excluding hydrogens is 164 g/mol. The Hall–Kier alpha value is -0.660. The predicted molar refractivity (Wildman–Crippen MR) is 49.2 cm³/mol. The first-order chi connectivity index (χ1) is 6.09. The second kappa shape index (κ2) is 2.66. The van der Waals surface area contributed by atoms with Crippen molar-refractivity contribution < 1.29 is 9.59 Å². The molecule has 0 saturated heterocycles. The van der Waals surface area contributed by atoms with E-state index in [1.54, 1.807) is 0 Å². The van der Waals surface area contributed by atoms with Gasteiger partial charge < -0.3 is 0 Å². The fourth-order valence-corrected chi connectivity index (χ4v) is 3.19. The van der Waals surface area contributed by atoms with Gasteiger partial charge in [0.05, 0.1) is 5.41 Å². The summed E-state index contributed by atoms with van der Waals surface area (Å²) in [7, 11) is 0. The Morgan fingerprint density at radius 3 is 2.38 bits per heavy atom. The Labute approximate surface area is 78.7 Å². The van der Waals surface area contributed by atoms with Crippen molar-refractivity contribution in [2.45, 2.75) is 39.5 Å². The zero-order valence-corrected chi connectivity index (χ0v) is 8.30. The van der Waals surface area contributed by atoms with Crippen LogP contribution in [-0.4, -0.2) is 11.6 Å². The summed E-state index contributed by atoms with van der Waals surface area (Å²) in [5.41, 5.74) is -0.542. The van der Waals surface area contributed by atoms with E-state index in [9.17, 15) is 9.59 Å². The highest BCUT2D eigenvalue weighted by Gasteiger charge is 2.57. The predicted octanol–water partition coefficient (Wildman–Crippen LogP) is 1.97. The maximum absolute atomic E-state index is 11.9. The van der Waals surface area contributed by atoms with E-state index < -0.39 is 5.41 Å². The summed E-state index contributed by atoms with van der Waals surface area (Å²) in [6.45, 7) is 4.02. The summed E-state index contributed by atoms with van der Waals surface area (Å²) in [6, 6.07) is 0. The fourth-order valence-electron chi connectivity index (χ4n) is 3.19. The van der Waals surface area contributed by atoms with E-state index in [1.165, 1.54) is 0 Å². The lowest BCUT2D eigenvalue weighted by Crippen LogP contribution is -2.36. The number of carbonyl (C=O) groups excluding carboxylic acids is 2. The molecule has 0 radical (unpaired) electrons. The molecule has 2 aliphatic rings. The van der Waals surface area contributed by atoms with Crippen molar-refractivity contribution >= 4 is 11.6 Å². The van der Waals surface area contributed by atoms with E-state index in [0.29, 0.717) is 6.42 Å². The average Bonchev–Trinajstić information content (AvgIpc) is 2.54. The maximum Gasteiger partial charge on any atom is 0.149 e. The maximum atomic E-state index is 11.9. The zero-order valence-electron chi connectivity index (χ0n) is 8.30.